The van der Waals surface area contributed by atoms with Crippen molar-refractivity contribution in [1.29, 1.82) is 0 Å². The quantitative estimate of drug-likeness (QED) is 0.419. The van der Waals surface area contributed by atoms with E-state index in [9.17, 15) is 9.59 Å². The SMILES string of the molecule is NCCOCC(=O)N[C@@H](Cc1cnc[nH]1)C(=O)O. The van der Waals surface area contributed by atoms with Gasteiger partial charge in [0.05, 0.1) is 12.9 Å². The number of imidazole rings is 1. The minimum atomic E-state index is -1.11. The summed E-state index contributed by atoms with van der Waals surface area (Å²) >= 11 is 0. The molecule has 0 aliphatic rings. The van der Waals surface area contributed by atoms with Crippen LogP contribution in [-0.2, 0) is 20.7 Å². The highest BCUT2D eigenvalue weighted by molar-refractivity contribution is 5.84. The van der Waals surface area contributed by atoms with Crippen molar-refractivity contribution >= 4 is 11.9 Å². The molecule has 18 heavy (non-hydrogen) atoms. The number of H-pyrrole nitrogens is 1. The molecule has 0 aromatic carbocycles. The number of ether oxygens (including phenoxy) is 1. The third kappa shape index (κ3) is 4.93. The third-order valence-corrected chi connectivity index (χ3v) is 2.11. The smallest absolute Gasteiger partial charge is 0.326 e. The zero-order valence-corrected chi connectivity index (χ0v) is 9.76. The Kier molecular flexibility index (Phi) is 5.81. The molecule has 0 fully saturated rings. The first-order chi connectivity index (χ1) is 8.63. The van der Waals surface area contributed by atoms with Gasteiger partial charge >= 0.3 is 5.97 Å². The second-order valence-corrected chi connectivity index (χ2v) is 3.58. The van der Waals surface area contributed by atoms with Crippen molar-refractivity contribution in [3.63, 3.8) is 0 Å². The summed E-state index contributed by atoms with van der Waals surface area (Å²) in [6.07, 6.45) is 3.09. The summed E-state index contributed by atoms with van der Waals surface area (Å²) in [5.74, 6) is -1.60. The predicted octanol–water partition coefficient (Wildman–Crippen LogP) is -1.50. The number of carboxylic acids is 1. The molecule has 5 N–H and O–H groups in total. The van der Waals surface area contributed by atoms with E-state index in [1.54, 1.807) is 0 Å². The normalized spacial score (nSPS) is 12.1. The molecule has 0 unspecified atom stereocenters. The van der Waals surface area contributed by atoms with Gasteiger partial charge < -0.3 is 25.9 Å². The van der Waals surface area contributed by atoms with Gasteiger partial charge in [-0.2, -0.15) is 0 Å². The van der Waals surface area contributed by atoms with Gasteiger partial charge in [-0.15, -0.1) is 0 Å². The highest BCUT2D eigenvalue weighted by Crippen LogP contribution is 1.98. The second-order valence-electron chi connectivity index (χ2n) is 3.58. The Hall–Kier alpha value is -1.93. The summed E-state index contributed by atoms with van der Waals surface area (Å²) in [5, 5.41) is 11.3. The van der Waals surface area contributed by atoms with E-state index in [1.807, 2.05) is 0 Å². The Morgan fingerprint density at radius 3 is 2.94 bits per heavy atom. The Morgan fingerprint density at radius 1 is 1.61 bits per heavy atom. The molecule has 1 aromatic heterocycles. The first kappa shape index (κ1) is 14.1. The van der Waals surface area contributed by atoms with Gasteiger partial charge in [-0.3, -0.25) is 4.79 Å². The first-order valence-electron chi connectivity index (χ1n) is 5.40. The third-order valence-electron chi connectivity index (χ3n) is 2.11. The topological polar surface area (TPSA) is 130 Å². The van der Waals surface area contributed by atoms with Gasteiger partial charge in [0.15, 0.2) is 0 Å². The van der Waals surface area contributed by atoms with Crippen LogP contribution in [0.25, 0.3) is 0 Å². The number of amides is 1. The molecular formula is C10H16N4O4. The zero-order valence-electron chi connectivity index (χ0n) is 9.76. The average Bonchev–Trinajstić information content (AvgIpc) is 2.81. The van der Waals surface area contributed by atoms with Crippen LogP contribution in [0.3, 0.4) is 0 Å². The average molecular weight is 256 g/mol. The number of aromatic amines is 1. The van der Waals surface area contributed by atoms with Crippen LogP contribution in [0.1, 0.15) is 5.69 Å². The Balaban J connectivity index is 2.42. The van der Waals surface area contributed by atoms with Crippen LogP contribution < -0.4 is 11.1 Å². The minimum absolute atomic E-state index is 0.137. The van der Waals surface area contributed by atoms with Gasteiger partial charge in [-0.05, 0) is 0 Å². The van der Waals surface area contributed by atoms with Crippen LogP contribution in [0.4, 0.5) is 0 Å². The van der Waals surface area contributed by atoms with Crippen LogP contribution in [0, 0.1) is 0 Å². The molecule has 0 bridgehead atoms. The maximum atomic E-state index is 11.4. The van der Waals surface area contributed by atoms with Crippen molar-refractivity contribution in [3.8, 4) is 0 Å². The summed E-state index contributed by atoms with van der Waals surface area (Å²) < 4.78 is 4.91. The molecular weight excluding hydrogens is 240 g/mol. The maximum Gasteiger partial charge on any atom is 0.326 e. The van der Waals surface area contributed by atoms with Crippen molar-refractivity contribution in [2.24, 2.45) is 5.73 Å². The highest BCUT2D eigenvalue weighted by atomic mass is 16.5. The molecule has 1 aromatic rings. The zero-order chi connectivity index (χ0) is 13.4. The van der Waals surface area contributed by atoms with Crippen molar-refractivity contribution < 1.29 is 19.4 Å². The molecule has 0 aliphatic carbocycles. The van der Waals surface area contributed by atoms with Gasteiger partial charge in [-0.1, -0.05) is 0 Å². The first-order valence-corrected chi connectivity index (χ1v) is 5.40. The Labute approximate surface area is 104 Å². The van der Waals surface area contributed by atoms with E-state index in [0.717, 1.165) is 0 Å². The molecule has 8 heteroatoms. The van der Waals surface area contributed by atoms with Gasteiger partial charge in [0.1, 0.15) is 12.6 Å². The molecule has 0 aliphatic heterocycles. The predicted molar refractivity (Wildman–Crippen MR) is 61.7 cm³/mol. The Morgan fingerprint density at radius 2 is 2.39 bits per heavy atom. The van der Waals surface area contributed by atoms with E-state index in [-0.39, 0.29) is 19.6 Å². The van der Waals surface area contributed by atoms with E-state index in [0.29, 0.717) is 12.2 Å². The highest BCUT2D eigenvalue weighted by Gasteiger charge is 2.20. The van der Waals surface area contributed by atoms with Crippen molar-refractivity contribution in [2.45, 2.75) is 12.5 Å². The molecule has 1 atom stereocenters. The molecule has 0 radical (unpaired) electrons. The summed E-state index contributed by atoms with van der Waals surface area (Å²) in [6, 6.07) is -1.01. The van der Waals surface area contributed by atoms with Crippen molar-refractivity contribution in [3.05, 3.63) is 18.2 Å². The van der Waals surface area contributed by atoms with Crippen LogP contribution in [0.5, 0.6) is 0 Å². The molecule has 0 saturated carbocycles. The number of nitrogens with two attached hydrogens (primary N) is 1. The van der Waals surface area contributed by atoms with Crippen molar-refractivity contribution in [2.75, 3.05) is 19.8 Å². The van der Waals surface area contributed by atoms with Crippen LogP contribution in [0.15, 0.2) is 12.5 Å². The number of aromatic nitrogens is 2. The van der Waals surface area contributed by atoms with Crippen molar-refractivity contribution in [1.82, 2.24) is 15.3 Å². The second kappa shape index (κ2) is 7.41. The summed E-state index contributed by atoms with van der Waals surface area (Å²) in [5.41, 5.74) is 5.82. The summed E-state index contributed by atoms with van der Waals surface area (Å²) in [7, 11) is 0. The molecule has 1 amide bonds. The van der Waals surface area contributed by atoms with Gasteiger partial charge in [0.2, 0.25) is 5.91 Å². The largest absolute Gasteiger partial charge is 0.480 e. The van der Waals surface area contributed by atoms with E-state index in [4.69, 9.17) is 15.6 Å². The standard InChI is InChI=1S/C10H16N4O4/c11-1-2-18-5-9(15)14-8(10(16)17)3-7-4-12-6-13-7/h4,6,8H,1-3,5,11H2,(H,12,13)(H,14,15)(H,16,17)/t8-/m0/s1. The number of nitrogens with one attached hydrogen (secondary N) is 2. The number of hydrogen-bond donors (Lipinski definition) is 4. The number of aliphatic carboxylic acids is 1. The van der Waals surface area contributed by atoms with Crippen LogP contribution >= 0.6 is 0 Å². The number of hydrogen-bond acceptors (Lipinski definition) is 5. The van der Waals surface area contributed by atoms with E-state index in [1.165, 1.54) is 12.5 Å². The van der Waals surface area contributed by atoms with E-state index < -0.39 is 17.9 Å². The van der Waals surface area contributed by atoms with Crippen LogP contribution in [0.2, 0.25) is 0 Å². The Bertz CT molecular complexity index is 379. The van der Waals surface area contributed by atoms with Gasteiger partial charge in [0, 0.05) is 24.9 Å². The van der Waals surface area contributed by atoms with Crippen LogP contribution in [-0.4, -0.2) is 52.8 Å². The van der Waals surface area contributed by atoms with Gasteiger partial charge in [0.25, 0.3) is 0 Å². The number of carbonyl (C=O) groups excluding carboxylic acids is 1. The lowest BCUT2D eigenvalue weighted by Crippen LogP contribution is -2.44. The summed E-state index contributed by atoms with van der Waals surface area (Å²) in [4.78, 5) is 28.9. The molecule has 0 spiro atoms. The lowest BCUT2D eigenvalue weighted by Gasteiger charge is -2.13. The number of carboxylic acid groups (broad SMARTS) is 1. The number of carbonyl (C=O) groups is 2. The summed E-state index contributed by atoms with van der Waals surface area (Å²) in [6.45, 7) is 0.361. The molecule has 1 rings (SSSR count). The fraction of sp³-hybridized carbons (Fsp3) is 0.500. The number of rotatable bonds is 8. The fourth-order valence-electron chi connectivity index (χ4n) is 1.30. The fourth-order valence-corrected chi connectivity index (χ4v) is 1.30. The van der Waals surface area contributed by atoms with Gasteiger partial charge in [-0.25, -0.2) is 9.78 Å². The lowest BCUT2D eigenvalue weighted by atomic mass is 10.1. The molecule has 1 heterocycles. The molecule has 100 valence electrons. The monoisotopic (exact) mass is 256 g/mol. The lowest BCUT2D eigenvalue weighted by molar-refractivity contribution is -0.142. The van der Waals surface area contributed by atoms with E-state index >= 15 is 0 Å². The van der Waals surface area contributed by atoms with E-state index in [2.05, 4.69) is 15.3 Å². The molecule has 0 saturated heterocycles. The molecule has 8 nitrogen and oxygen atoms in total. The maximum absolute atomic E-state index is 11.4. The minimum Gasteiger partial charge on any atom is -0.480 e. The number of nitrogens with zero attached hydrogens (tertiary/aromatic N) is 1.